The zero-order chi connectivity index (χ0) is 12.3. The third-order valence-electron chi connectivity index (χ3n) is 3.18. The monoisotopic (exact) mass is 237 g/mol. The Hall–Kier alpha value is -1.20. The van der Waals surface area contributed by atoms with E-state index in [1.54, 1.807) is 0 Å². The molecule has 1 aliphatic rings. The first kappa shape index (κ1) is 12.3. The molecular weight excluding hydrogens is 218 g/mol. The predicted octanol–water partition coefficient (Wildman–Crippen LogP) is 1.11. The van der Waals surface area contributed by atoms with Crippen LogP contribution in [0.1, 0.15) is 29.7 Å². The highest BCUT2D eigenvalue weighted by Crippen LogP contribution is 2.21. The zero-order valence-electron chi connectivity index (χ0n) is 10.4. The predicted molar refractivity (Wildman–Crippen MR) is 63.9 cm³/mol. The number of nitrogens with two attached hydrogens (primary N) is 1. The largest absolute Gasteiger partial charge is 0.474 e. The fourth-order valence-corrected chi connectivity index (χ4v) is 1.94. The van der Waals surface area contributed by atoms with Gasteiger partial charge in [0.05, 0.1) is 11.8 Å². The van der Waals surface area contributed by atoms with Gasteiger partial charge in [0.15, 0.2) is 0 Å². The van der Waals surface area contributed by atoms with Crippen LogP contribution in [0.15, 0.2) is 0 Å². The van der Waals surface area contributed by atoms with E-state index in [-0.39, 0.29) is 6.10 Å². The average Bonchev–Trinajstić information content (AvgIpc) is 2.83. The molecule has 1 saturated heterocycles. The second-order valence-corrected chi connectivity index (χ2v) is 4.34. The minimum Gasteiger partial charge on any atom is -0.474 e. The maximum absolute atomic E-state index is 5.73. The SMILES string of the molecule is Cc1nnc(OCC2CCCO2)c(CN)c1C. The Kier molecular flexibility index (Phi) is 3.91. The number of hydrogen-bond donors (Lipinski definition) is 1. The van der Waals surface area contributed by atoms with Crippen molar-refractivity contribution < 1.29 is 9.47 Å². The number of rotatable bonds is 4. The second kappa shape index (κ2) is 5.42. The van der Waals surface area contributed by atoms with Gasteiger partial charge in [0.25, 0.3) is 0 Å². The first-order valence-electron chi connectivity index (χ1n) is 5.99. The van der Waals surface area contributed by atoms with E-state index in [0.29, 0.717) is 19.0 Å². The molecule has 0 spiro atoms. The zero-order valence-corrected chi connectivity index (χ0v) is 10.4. The van der Waals surface area contributed by atoms with E-state index in [1.165, 1.54) is 0 Å². The van der Waals surface area contributed by atoms with Gasteiger partial charge in [-0.1, -0.05) is 0 Å². The first-order valence-corrected chi connectivity index (χ1v) is 5.99. The molecule has 5 nitrogen and oxygen atoms in total. The van der Waals surface area contributed by atoms with Crippen LogP contribution in [0.2, 0.25) is 0 Å². The maximum Gasteiger partial charge on any atom is 0.238 e. The fourth-order valence-electron chi connectivity index (χ4n) is 1.94. The second-order valence-electron chi connectivity index (χ2n) is 4.34. The standard InChI is InChI=1S/C12H19N3O2/c1-8-9(2)14-15-12(11(8)6-13)17-7-10-4-3-5-16-10/h10H,3-7,13H2,1-2H3. The van der Waals surface area contributed by atoms with Gasteiger partial charge >= 0.3 is 0 Å². The van der Waals surface area contributed by atoms with E-state index in [4.69, 9.17) is 15.2 Å². The van der Waals surface area contributed by atoms with Crippen LogP contribution < -0.4 is 10.5 Å². The number of nitrogens with zero attached hydrogens (tertiary/aromatic N) is 2. The van der Waals surface area contributed by atoms with Crippen LogP contribution in [0, 0.1) is 13.8 Å². The number of ether oxygens (including phenoxy) is 2. The van der Waals surface area contributed by atoms with Gasteiger partial charge in [-0.05, 0) is 32.3 Å². The molecule has 17 heavy (non-hydrogen) atoms. The van der Waals surface area contributed by atoms with Crippen molar-refractivity contribution in [1.29, 1.82) is 0 Å². The van der Waals surface area contributed by atoms with Crippen molar-refractivity contribution in [2.24, 2.45) is 5.73 Å². The highest BCUT2D eigenvalue weighted by atomic mass is 16.5. The van der Waals surface area contributed by atoms with Gasteiger partial charge in [-0.3, -0.25) is 0 Å². The van der Waals surface area contributed by atoms with Crippen LogP contribution in [-0.2, 0) is 11.3 Å². The Morgan fingerprint density at radius 1 is 1.41 bits per heavy atom. The van der Waals surface area contributed by atoms with Crippen LogP contribution >= 0.6 is 0 Å². The lowest BCUT2D eigenvalue weighted by atomic mass is 10.1. The van der Waals surface area contributed by atoms with Gasteiger partial charge in [0.1, 0.15) is 6.61 Å². The molecule has 0 amide bonds. The minimum atomic E-state index is 0.184. The molecule has 1 aliphatic heterocycles. The summed E-state index contributed by atoms with van der Waals surface area (Å²) in [4.78, 5) is 0. The molecule has 2 rings (SSSR count). The maximum atomic E-state index is 5.73. The van der Waals surface area contributed by atoms with Crippen LogP contribution in [0.25, 0.3) is 0 Å². The molecule has 5 heteroatoms. The Morgan fingerprint density at radius 2 is 2.24 bits per heavy atom. The van der Waals surface area contributed by atoms with E-state index >= 15 is 0 Å². The summed E-state index contributed by atoms with van der Waals surface area (Å²) in [5.41, 5.74) is 8.62. The number of aryl methyl sites for hydroxylation is 1. The molecule has 2 heterocycles. The van der Waals surface area contributed by atoms with Crippen LogP contribution in [0.3, 0.4) is 0 Å². The lowest BCUT2D eigenvalue weighted by Crippen LogP contribution is -2.19. The van der Waals surface area contributed by atoms with Gasteiger partial charge < -0.3 is 15.2 Å². The topological polar surface area (TPSA) is 70.3 Å². The Balaban J connectivity index is 2.06. The van der Waals surface area contributed by atoms with E-state index < -0.39 is 0 Å². The van der Waals surface area contributed by atoms with Crippen molar-refractivity contribution in [3.05, 3.63) is 16.8 Å². The lowest BCUT2D eigenvalue weighted by Gasteiger charge is -2.14. The number of hydrogen-bond acceptors (Lipinski definition) is 5. The van der Waals surface area contributed by atoms with Crippen LogP contribution in [0.4, 0.5) is 0 Å². The summed E-state index contributed by atoms with van der Waals surface area (Å²) < 4.78 is 11.2. The summed E-state index contributed by atoms with van der Waals surface area (Å²) in [6.45, 7) is 5.69. The Bertz CT molecular complexity index is 390. The Labute approximate surface area is 101 Å². The molecule has 1 fully saturated rings. The summed E-state index contributed by atoms with van der Waals surface area (Å²) in [5.74, 6) is 0.547. The quantitative estimate of drug-likeness (QED) is 0.849. The van der Waals surface area contributed by atoms with Gasteiger partial charge in [-0.15, -0.1) is 5.10 Å². The molecule has 0 saturated carbocycles. The molecule has 0 radical (unpaired) electrons. The number of aromatic nitrogens is 2. The summed E-state index contributed by atoms with van der Waals surface area (Å²) in [5, 5.41) is 8.12. The third-order valence-corrected chi connectivity index (χ3v) is 3.18. The normalized spacial score (nSPS) is 19.6. The van der Waals surface area contributed by atoms with E-state index in [1.807, 2.05) is 13.8 Å². The van der Waals surface area contributed by atoms with Crippen molar-refractivity contribution in [2.45, 2.75) is 39.3 Å². The molecule has 1 unspecified atom stereocenters. The third kappa shape index (κ3) is 2.73. The smallest absolute Gasteiger partial charge is 0.238 e. The van der Waals surface area contributed by atoms with Crippen molar-refractivity contribution in [2.75, 3.05) is 13.2 Å². The molecular formula is C12H19N3O2. The lowest BCUT2D eigenvalue weighted by molar-refractivity contribution is 0.0655. The van der Waals surface area contributed by atoms with Crippen LogP contribution in [0.5, 0.6) is 5.88 Å². The Morgan fingerprint density at radius 3 is 2.88 bits per heavy atom. The minimum absolute atomic E-state index is 0.184. The molecule has 0 aromatic carbocycles. The average molecular weight is 237 g/mol. The van der Waals surface area contributed by atoms with Crippen LogP contribution in [-0.4, -0.2) is 29.5 Å². The van der Waals surface area contributed by atoms with Crippen molar-refractivity contribution in [3.63, 3.8) is 0 Å². The summed E-state index contributed by atoms with van der Waals surface area (Å²) in [6, 6.07) is 0. The molecule has 1 aromatic heterocycles. The molecule has 0 aliphatic carbocycles. The molecule has 0 bridgehead atoms. The summed E-state index contributed by atoms with van der Waals surface area (Å²) >= 11 is 0. The van der Waals surface area contributed by atoms with E-state index in [2.05, 4.69) is 10.2 Å². The van der Waals surface area contributed by atoms with Gasteiger partial charge in [0.2, 0.25) is 5.88 Å². The first-order chi connectivity index (χ1) is 8.22. The molecule has 94 valence electrons. The van der Waals surface area contributed by atoms with Crippen molar-refractivity contribution >= 4 is 0 Å². The van der Waals surface area contributed by atoms with Crippen molar-refractivity contribution in [1.82, 2.24) is 10.2 Å². The van der Waals surface area contributed by atoms with E-state index in [9.17, 15) is 0 Å². The summed E-state index contributed by atoms with van der Waals surface area (Å²) in [6.07, 6.45) is 2.34. The highest BCUT2D eigenvalue weighted by molar-refractivity contribution is 5.35. The van der Waals surface area contributed by atoms with Gasteiger partial charge in [-0.25, -0.2) is 0 Å². The fraction of sp³-hybridized carbons (Fsp3) is 0.667. The van der Waals surface area contributed by atoms with Gasteiger partial charge in [-0.2, -0.15) is 5.10 Å². The van der Waals surface area contributed by atoms with Crippen molar-refractivity contribution in [3.8, 4) is 5.88 Å². The molecule has 1 aromatic rings. The highest BCUT2D eigenvalue weighted by Gasteiger charge is 2.18. The summed E-state index contributed by atoms with van der Waals surface area (Å²) in [7, 11) is 0. The van der Waals surface area contributed by atoms with E-state index in [0.717, 1.165) is 36.3 Å². The van der Waals surface area contributed by atoms with Gasteiger partial charge in [0, 0.05) is 18.7 Å². The molecule has 1 atom stereocenters. The molecule has 2 N–H and O–H groups in total.